The number of ether oxygens (including phenoxy) is 3. The van der Waals surface area contributed by atoms with Crippen LogP contribution < -0.4 is 4.74 Å². The first-order chi connectivity index (χ1) is 13.2. The summed E-state index contributed by atoms with van der Waals surface area (Å²) < 4.78 is 21.6. The van der Waals surface area contributed by atoms with Crippen molar-refractivity contribution >= 4 is 6.03 Å². The van der Waals surface area contributed by atoms with E-state index in [0.29, 0.717) is 57.7 Å². The fourth-order valence-electron chi connectivity index (χ4n) is 3.15. The largest absolute Gasteiger partial charge is 0.497 e. The van der Waals surface area contributed by atoms with Crippen LogP contribution in [-0.2, 0) is 9.47 Å². The van der Waals surface area contributed by atoms with Crippen LogP contribution >= 0.6 is 0 Å². The summed E-state index contributed by atoms with van der Waals surface area (Å²) in [5.41, 5.74) is 0.798. The standard InChI is InChI=1S/C18H22N4O5/c1-24-14-4-2-13(3-5-14)17-19-16(20-27-17)15-12-22(8-11-26-15)18(23)21-6-9-25-10-7-21/h2-5,15H,6-12H2,1H3/t15-/m1/s1. The summed E-state index contributed by atoms with van der Waals surface area (Å²) in [6.07, 6.45) is -0.403. The van der Waals surface area contributed by atoms with Crippen molar-refractivity contribution in [3.05, 3.63) is 30.1 Å². The van der Waals surface area contributed by atoms with Crippen LogP contribution in [0.2, 0.25) is 0 Å². The minimum atomic E-state index is -0.403. The number of hydrogen-bond acceptors (Lipinski definition) is 7. The fraction of sp³-hybridized carbons (Fsp3) is 0.500. The van der Waals surface area contributed by atoms with Gasteiger partial charge in [-0.1, -0.05) is 5.16 Å². The van der Waals surface area contributed by atoms with Crippen molar-refractivity contribution in [2.24, 2.45) is 0 Å². The first-order valence-electron chi connectivity index (χ1n) is 8.96. The van der Waals surface area contributed by atoms with E-state index in [0.717, 1.165) is 11.3 Å². The molecule has 4 rings (SSSR count). The monoisotopic (exact) mass is 374 g/mol. The zero-order valence-corrected chi connectivity index (χ0v) is 15.2. The Morgan fingerprint density at radius 2 is 1.85 bits per heavy atom. The van der Waals surface area contributed by atoms with E-state index < -0.39 is 6.10 Å². The van der Waals surface area contributed by atoms with Gasteiger partial charge in [0.25, 0.3) is 5.89 Å². The maximum Gasteiger partial charge on any atom is 0.320 e. The first-order valence-corrected chi connectivity index (χ1v) is 8.96. The summed E-state index contributed by atoms with van der Waals surface area (Å²) >= 11 is 0. The molecule has 3 heterocycles. The molecule has 1 atom stereocenters. The smallest absolute Gasteiger partial charge is 0.320 e. The highest BCUT2D eigenvalue weighted by molar-refractivity contribution is 5.74. The number of urea groups is 1. The predicted octanol–water partition coefficient (Wildman–Crippen LogP) is 1.57. The summed E-state index contributed by atoms with van der Waals surface area (Å²) in [5, 5.41) is 4.05. The molecule has 0 unspecified atom stereocenters. The van der Waals surface area contributed by atoms with Gasteiger partial charge < -0.3 is 28.5 Å². The fourth-order valence-corrected chi connectivity index (χ4v) is 3.15. The highest BCUT2D eigenvalue weighted by Crippen LogP contribution is 2.25. The Morgan fingerprint density at radius 1 is 1.11 bits per heavy atom. The third-order valence-electron chi connectivity index (χ3n) is 4.69. The van der Waals surface area contributed by atoms with Crippen molar-refractivity contribution in [1.29, 1.82) is 0 Å². The molecule has 144 valence electrons. The van der Waals surface area contributed by atoms with Gasteiger partial charge >= 0.3 is 6.03 Å². The molecule has 27 heavy (non-hydrogen) atoms. The minimum Gasteiger partial charge on any atom is -0.497 e. The van der Waals surface area contributed by atoms with Crippen molar-refractivity contribution < 1.29 is 23.5 Å². The van der Waals surface area contributed by atoms with Crippen molar-refractivity contribution in [3.8, 4) is 17.2 Å². The molecule has 0 spiro atoms. The quantitative estimate of drug-likeness (QED) is 0.805. The average Bonchev–Trinajstić information content (AvgIpc) is 3.24. The third-order valence-corrected chi connectivity index (χ3v) is 4.69. The van der Waals surface area contributed by atoms with Gasteiger partial charge in [0.05, 0.1) is 33.5 Å². The third kappa shape index (κ3) is 3.88. The molecule has 1 aromatic carbocycles. The zero-order chi connectivity index (χ0) is 18.6. The van der Waals surface area contributed by atoms with Crippen LogP contribution in [0, 0.1) is 0 Å². The van der Waals surface area contributed by atoms with Crippen molar-refractivity contribution in [1.82, 2.24) is 19.9 Å². The molecule has 0 saturated carbocycles. The maximum absolute atomic E-state index is 12.7. The molecule has 0 radical (unpaired) electrons. The molecule has 0 N–H and O–H groups in total. The Kier molecular flexibility index (Phi) is 5.21. The lowest BCUT2D eigenvalue weighted by molar-refractivity contribution is -0.0310. The lowest BCUT2D eigenvalue weighted by atomic mass is 10.2. The first kappa shape index (κ1) is 17.7. The van der Waals surface area contributed by atoms with Gasteiger partial charge in [-0.05, 0) is 24.3 Å². The Hall–Kier alpha value is -2.65. The summed E-state index contributed by atoms with van der Waals surface area (Å²) in [7, 11) is 1.62. The van der Waals surface area contributed by atoms with Crippen LogP contribution in [0.3, 0.4) is 0 Å². The van der Waals surface area contributed by atoms with Crippen LogP contribution in [-0.4, -0.2) is 79.1 Å². The number of nitrogens with zero attached hydrogens (tertiary/aromatic N) is 4. The average molecular weight is 374 g/mol. The summed E-state index contributed by atoms with van der Waals surface area (Å²) in [5.74, 6) is 1.61. The van der Waals surface area contributed by atoms with Crippen LogP contribution in [0.15, 0.2) is 28.8 Å². The van der Waals surface area contributed by atoms with E-state index in [-0.39, 0.29) is 6.03 Å². The number of rotatable bonds is 3. The van der Waals surface area contributed by atoms with E-state index >= 15 is 0 Å². The van der Waals surface area contributed by atoms with E-state index in [1.165, 1.54) is 0 Å². The predicted molar refractivity (Wildman–Crippen MR) is 94.3 cm³/mol. The molecule has 9 nitrogen and oxygen atoms in total. The van der Waals surface area contributed by atoms with Gasteiger partial charge in [0.1, 0.15) is 11.9 Å². The number of carbonyl (C=O) groups excluding carboxylic acids is 1. The van der Waals surface area contributed by atoms with Gasteiger partial charge in [0.15, 0.2) is 0 Å². The van der Waals surface area contributed by atoms with E-state index in [9.17, 15) is 4.79 Å². The molecule has 1 aromatic heterocycles. The van der Waals surface area contributed by atoms with E-state index in [1.807, 2.05) is 29.2 Å². The lowest BCUT2D eigenvalue weighted by Crippen LogP contribution is -2.52. The number of carbonyl (C=O) groups is 1. The van der Waals surface area contributed by atoms with Gasteiger partial charge in [-0.2, -0.15) is 4.98 Å². The maximum atomic E-state index is 12.7. The Morgan fingerprint density at radius 3 is 2.59 bits per heavy atom. The molecule has 2 aromatic rings. The SMILES string of the molecule is COc1ccc(-c2nc([C@H]3CN(C(=O)N4CCOCC4)CCO3)no2)cc1. The number of benzene rings is 1. The summed E-state index contributed by atoms with van der Waals surface area (Å²) in [4.78, 5) is 20.7. The Bertz CT molecular complexity index is 772. The second-order valence-electron chi connectivity index (χ2n) is 6.37. The molecular formula is C18H22N4O5. The topological polar surface area (TPSA) is 90.2 Å². The number of aromatic nitrogens is 2. The van der Waals surface area contributed by atoms with Gasteiger partial charge in [0.2, 0.25) is 5.82 Å². The lowest BCUT2D eigenvalue weighted by Gasteiger charge is -2.36. The normalized spacial score (nSPS) is 20.6. The molecule has 0 bridgehead atoms. The summed E-state index contributed by atoms with van der Waals surface area (Å²) in [6, 6.07) is 7.38. The van der Waals surface area contributed by atoms with E-state index in [2.05, 4.69) is 10.1 Å². The highest BCUT2D eigenvalue weighted by Gasteiger charge is 2.31. The molecule has 2 fully saturated rings. The molecule has 0 aliphatic carbocycles. The molecule has 2 saturated heterocycles. The van der Waals surface area contributed by atoms with Gasteiger partial charge in [0, 0.05) is 25.2 Å². The van der Waals surface area contributed by atoms with Gasteiger partial charge in [-0.25, -0.2) is 4.79 Å². The Labute approximate surface area is 156 Å². The van der Waals surface area contributed by atoms with Crippen LogP contribution in [0.25, 0.3) is 11.5 Å². The molecule has 2 amide bonds. The van der Waals surface area contributed by atoms with Crippen molar-refractivity contribution in [2.45, 2.75) is 6.10 Å². The second kappa shape index (κ2) is 7.93. The van der Waals surface area contributed by atoms with Gasteiger partial charge in [-0.15, -0.1) is 0 Å². The van der Waals surface area contributed by atoms with Crippen LogP contribution in [0.4, 0.5) is 4.79 Å². The number of morpholine rings is 2. The molecule has 9 heteroatoms. The number of hydrogen-bond donors (Lipinski definition) is 0. The minimum absolute atomic E-state index is 0.00507. The van der Waals surface area contributed by atoms with Crippen molar-refractivity contribution in [2.75, 3.05) is 53.1 Å². The molecule has 2 aliphatic heterocycles. The van der Waals surface area contributed by atoms with Crippen molar-refractivity contribution in [3.63, 3.8) is 0 Å². The van der Waals surface area contributed by atoms with Crippen LogP contribution in [0.5, 0.6) is 5.75 Å². The number of amides is 2. The van der Waals surface area contributed by atoms with Gasteiger partial charge in [-0.3, -0.25) is 0 Å². The highest BCUT2D eigenvalue weighted by atomic mass is 16.5. The number of methoxy groups -OCH3 is 1. The zero-order valence-electron chi connectivity index (χ0n) is 15.2. The van der Waals surface area contributed by atoms with E-state index in [4.69, 9.17) is 18.7 Å². The second-order valence-corrected chi connectivity index (χ2v) is 6.37. The Balaban J connectivity index is 1.43. The van der Waals surface area contributed by atoms with Crippen LogP contribution in [0.1, 0.15) is 11.9 Å². The molecule has 2 aliphatic rings. The van der Waals surface area contributed by atoms with E-state index in [1.54, 1.807) is 12.0 Å². The molecular weight excluding hydrogens is 352 g/mol. The summed E-state index contributed by atoms with van der Waals surface area (Å²) in [6.45, 7) is 3.78.